The van der Waals surface area contributed by atoms with Gasteiger partial charge in [0.05, 0.1) is 3.79 Å². The zero-order valence-electron chi connectivity index (χ0n) is 6.36. The second kappa shape index (κ2) is 2.88. The van der Waals surface area contributed by atoms with Gasteiger partial charge in [-0.25, -0.2) is 0 Å². The standard InChI is InChI=1S/C8H10BrNS/c1-10-6-3-2-5-4-7(9)11-8(5)6/h4,6,10H,2-3H2,1H3. The molecular formula is C8H10BrNS. The molecule has 2 rings (SSSR count). The molecule has 1 unspecified atom stereocenters. The predicted molar refractivity (Wildman–Crippen MR) is 52.1 cm³/mol. The van der Waals surface area contributed by atoms with Crippen LogP contribution < -0.4 is 5.32 Å². The maximum Gasteiger partial charge on any atom is 0.0704 e. The Morgan fingerprint density at radius 1 is 1.73 bits per heavy atom. The monoisotopic (exact) mass is 231 g/mol. The third-order valence-corrected chi connectivity index (χ3v) is 3.97. The fraction of sp³-hybridized carbons (Fsp3) is 0.500. The average Bonchev–Trinajstić information content (AvgIpc) is 2.45. The SMILES string of the molecule is CNC1CCc2cc(Br)sc21. The number of nitrogens with one attached hydrogen (secondary N) is 1. The van der Waals surface area contributed by atoms with Crippen LogP contribution in [-0.4, -0.2) is 7.05 Å². The predicted octanol–water partition coefficient (Wildman–Crippen LogP) is 2.72. The summed E-state index contributed by atoms with van der Waals surface area (Å²) < 4.78 is 1.27. The second-order valence-corrected chi connectivity index (χ2v) is 5.28. The lowest BCUT2D eigenvalue weighted by molar-refractivity contribution is 0.597. The first-order valence-corrected chi connectivity index (χ1v) is 5.37. The molecule has 1 aromatic heterocycles. The lowest BCUT2D eigenvalue weighted by Gasteiger charge is -2.05. The molecule has 11 heavy (non-hydrogen) atoms. The van der Waals surface area contributed by atoms with Crippen molar-refractivity contribution in [3.8, 4) is 0 Å². The van der Waals surface area contributed by atoms with E-state index in [-0.39, 0.29) is 0 Å². The number of aryl methyl sites for hydroxylation is 1. The van der Waals surface area contributed by atoms with Crippen LogP contribution in [0, 0.1) is 0 Å². The molecule has 3 heteroatoms. The highest BCUT2D eigenvalue weighted by Crippen LogP contribution is 2.39. The van der Waals surface area contributed by atoms with Crippen molar-refractivity contribution in [1.82, 2.24) is 5.32 Å². The molecule has 1 aliphatic rings. The summed E-state index contributed by atoms with van der Waals surface area (Å²) in [6, 6.07) is 2.86. The number of rotatable bonds is 1. The Morgan fingerprint density at radius 3 is 3.27 bits per heavy atom. The molecule has 0 amide bonds. The largest absolute Gasteiger partial charge is 0.312 e. The molecule has 0 saturated heterocycles. The Hall–Kier alpha value is 0.140. The van der Waals surface area contributed by atoms with Gasteiger partial charge >= 0.3 is 0 Å². The van der Waals surface area contributed by atoms with E-state index in [0.29, 0.717) is 6.04 Å². The van der Waals surface area contributed by atoms with Crippen molar-refractivity contribution in [2.45, 2.75) is 18.9 Å². The minimum Gasteiger partial charge on any atom is -0.312 e. The lowest BCUT2D eigenvalue weighted by Crippen LogP contribution is -2.11. The highest BCUT2D eigenvalue weighted by atomic mass is 79.9. The van der Waals surface area contributed by atoms with E-state index in [9.17, 15) is 0 Å². The van der Waals surface area contributed by atoms with Crippen molar-refractivity contribution in [2.75, 3.05) is 7.05 Å². The van der Waals surface area contributed by atoms with Crippen molar-refractivity contribution in [3.63, 3.8) is 0 Å². The fourth-order valence-electron chi connectivity index (χ4n) is 1.60. The maximum atomic E-state index is 3.51. The van der Waals surface area contributed by atoms with Gasteiger partial charge in [0.15, 0.2) is 0 Å². The Labute approximate surface area is 78.9 Å². The summed E-state index contributed by atoms with van der Waals surface area (Å²) in [6.45, 7) is 0. The van der Waals surface area contributed by atoms with E-state index in [4.69, 9.17) is 0 Å². The molecular weight excluding hydrogens is 222 g/mol. The number of hydrogen-bond donors (Lipinski definition) is 1. The molecule has 1 atom stereocenters. The normalized spacial score (nSPS) is 22.2. The Bertz CT molecular complexity index is 269. The van der Waals surface area contributed by atoms with E-state index in [1.165, 1.54) is 27.1 Å². The van der Waals surface area contributed by atoms with Crippen LogP contribution in [0.4, 0.5) is 0 Å². The first-order valence-electron chi connectivity index (χ1n) is 3.76. The molecule has 0 fully saturated rings. The van der Waals surface area contributed by atoms with Gasteiger partial charge in [-0.15, -0.1) is 11.3 Å². The van der Waals surface area contributed by atoms with Crippen molar-refractivity contribution in [1.29, 1.82) is 0 Å². The number of thiophene rings is 1. The molecule has 0 aliphatic heterocycles. The van der Waals surface area contributed by atoms with E-state index in [1.54, 1.807) is 0 Å². The van der Waals surface area contributed by atoms with Crippen LogP contribution in [0.2, 0.25) is 0 Å². The van der Waals surface area contributed by atoms with Crippen LogP contribution in [0.15, 0.2) is 9.85 Å². The van der Waals surface area contributed by atoms with E-state index in [1.807, 2.05) is 18.4 Å². The topological polar surface area (TPSA) is 12.0 Å². The minimum atomic E-state index is 0.612. The summed E-state index contributed by atoms with van der Waals surface area (Å²) in [5, 5.41) is 3.32. The molecule has 0 radical (unpaired) electrons. The smallest absolute Gasteiger partial charge is 0.0704 e. The van der Waals surface area contributed by atoms with Gasteiger partial charge < -0.3 is 5.32 Å². The summed E-state index contributed by atoms with van der Waals surface area (Å²) in [5.74, 6) is 0. The third-order valence-electron chi connectivity index (χ3n) is 2.18. The fourth-order valence-corrected chi connectivity index (χ4v) is 3.49. The Kier molecular flexibility index (Phi) is 2.04. The van der Waals surface area contributed by atoms with Crippen LogP contribution in [0.3, 0.4) is 0 Å². The molecule has 1 nitrogen and oxygen atoms in total. The first-order chi connectivity index (χ1) is 5.31. The summed E-state index contributed by atoms with van der Waals surface area (Å²) in [4.78, 5) is 1.53. The summed E-state index contributed by atoms with van der Waals surface area (Å²) in [6.07, 6.45) is 2.51. The highest BCUT2D eigenvalue weighted by molar-refractivity contribution is 9.11. The molecule has 0 bridgehead atoms. The molecule has 60 valence electrons. The van der Waals surface area contributed by atoms with Crippen LogP contribution in [0.25, 0.3) is 0 Å². The van der Waals surface area contributed by atoms with Crippen molar-refractivity contribution in [2.24, 2.45) is 0 Å². The Morgan fingerprint density at radius 2 is 2.55 bits per heavy atom. The van der Waals surface area contributed by atoms with Crippen LogP contribution >= 0.6 is 27.3 Å². The summed E-state index contributed by atoms with van der Waals surface area (Å²) in [5.41, 5.74) is 1.53. The molecule has 0 saturated carbocycles. The lowest BCUT2D eigenvalue weighted by atomic mass is 10.3. The van der Waals surface area contributed by atoms with Gasteiger partial charge in [-0.1, -0.05) is 0 Å². The highest BCUT2D eigenvalue weighted by Gasteiger charge is 2.23. The van der Waals surface area contributed by atoms with Crippen molar-refractivity contribution in [3.05, 3.63) is 20.3 Å². The van der Waals surface area contributed by atoms with Crippen LogP contribution in [0.1, 0.15) is 22.9 Å². The van der Waals surface area contributed by atoms with Gasteiger partial charge in [-0.2, -0.15) is 0 Å². The van der Waals surface area contributed by atoms with Gasteiger partial charge in [-0.3, -0.25) is 0 Å². The third kappa shape index (κ3) is 1.25. The maximum absolute atomic E-state index is 3.51. The summed E-state index contributed by atoms with van der Waals surface area (Å²) >= 11 is 5.37. The van der Waals surface area contributed by atoms with Gasteiger partial charge in [0, 0.05) is 10.9 Å². The zero-order chi connectivity index (χ0) is 7.84. The molecule has 1 heterocycles. The van der Waals surface area contributed by atoms with Crippen molar-refractivity contribution >= 4 is 27.3 Å². The minimum absolute atomic E-state index is 0.612. The number of halogens is 1. The van der Waals surface area contributed by atoms with E-state index in [0.717, 1.165) is 0 Å². The number of hydrogen-bond acceptors (Lipinski definition) is 2. The van der Waals surface area contributed by atoms with Crippen molar-refractivity contribution < 1.29 is 0 Å². The molecule has 0 spiro atoms. The number of fused-ring (bicyclic) bond motifs is 1. The van der Waals surface area contributed by atoms with Gasteiger partial charge in [0.1, 0.15) is 0 Å². The molecule has 1 aliphatic carbocycles. The second-order valence-electron chi connectivity index (χ2n) is 2.82. The van der Waals surface area contributed by atoms with E-state index >= 15 is 0 Å². The summed E-state index contributed by atoms with van der Waals surface area (Å²) in [7, 11) is 2.04. The molecule has 0 aromatic carbocycles. The Balaban J connectivity index is 2.37. The van der Waals surface area contributed by atoms with E-state index < -0.39 is 0 Å². The zero-order valence-corrected chi connectivity index (χ0v) is 8.76. The average molecular weight is 232 g/mol. The van der Waals surface area contributed by atoms with Gasteiger partial charge in [-0.05, 0) is 47.4 Å². The quantitative estimate of drug-likeness (QED) is 0.784. The van der Waals surface area contributed by atoms with Gasteiger partial charge in [0.25, 0.3) is 0 Å². The van der Waals surface area contributed by atoms with Gasteiger partial charge in [0.2, 0.25) is 0 Å². The van der Waals surface area contributed by atoms with Crippen LogP contribution in [-0.2, 0) is 6.42 Å². The molecule has 1 aromatic rings. The van der Waals surface area contributed by atoms with Crippen LogP contribution in [0.5, 0.6) is 0 Å². The first kappa shape index (κ1) is 7.77. The van der Waals surface area contributed by atoms with E-state index in [2.05, 4.69) is 27.3 Å². The molecule has 1 N–H and O–H groups in total.